The van der Waals surface area contributed by atoms with Gasteiger partial charge < -0.3 is 15.2 Å². The Balaban J connectivity index is 1.86. The van der Waals surface area contributed by atoms with Gasteiger partial charge in [-0.25, -0.2) is 0 Å². The molecule has 1 aromatic heterocycles. The van der Waals surface area contributed by atoms with E-state index in [4.69, 9.17) is 4.74 Å². The molecule has 0 atom stereocenters. The zero-order chi connectivity index (χ0) is 16.4. The predicted molar refractivity (Wildman–Crippen MR) is 86.3 cm³/mol. The van der Waals surface area contributed by atoms with Gasteiger partial charge in [0.1, 0.15) is 17.2 Å². The van der Waals surface area contributed by atoms with E-state index in [0.29, 0.717) is 11.7 Å². The first-order valence-corrected chi connectivity index (χ1v) is 7.12. The van der Waals surface area contributed by atoms with E-state index in [0.717, 1.165) is 28.1 Å². The van der Waals surface area contributed by atoms with Crippen molar-refractivity contribution >= 4 is 11.6 Å². The third kappa shape index (κ3) is 3.23. The second-order valence-corrected chi connectivity index (χ2v) is 5.35. The number of phenols is 1. The molecular formula is C16H17N5O2. The molecule has 118 valence electrons. The van der Waals surface area contributed by atoms with Crippen LogP contribution in [0, 0.1) is 20.8 Å². The van der Waals surface area contributed by atoms with Gasteiger partial charge in [0, 0.05) is 5.69 Å². The maximum Gasteiger partial charge on any atom is 0.267 e. The summed E-state index contributed by atoms with van der Waals surface area (Å²) in [7, 11) is 0. The lowest BCUT2D eigenvalue weighted by atomic mass is 10.1. The smallest absolute Gasteiger partial charge is 0.267 e. The number of nitrogens with one attached hydrogen (secondary N) is 2. The molecule has 0 amide bonds. The summed E-state index contributed by atoms with van der Waals surface area (Å²) in [6.07, 6.45) is 0. The van der Waals surface area contributed by atoms with Crippen LogP contribution in [-0.4, -0.2) is 25.7 Å². The second-order valence-electron chi connectivity index (χ2n) is 5.35. The summed E-state index contributed by atoms with van der Waals surface area (Å²) >= 11 is 0. The van der Waals surface area contributed by atoms with Crippen molar-refractivity contribution in [2.24, 2.45) is 0 Å². The minimum absolute atomic E-state index is 0.255. The van der Waals surface area contributed by atoms with Gasteiger partial charge in [-0.15, -0.1) is 5.10 Å². The fraction of sp³-hybridized carbons (Fsp3) is 0.188. The van der Waals surface area contributed by atoms with Crippen molar-refractivity contribution < 1.29 is 9.84 Å². The number of benzene rings is 2. The van der Waals surface area contributed by atoms with Gasteiger partial charge in [0.05, 0.1) is 0 Å². The molecule has 3 rings (SSSR count). The van der Waals surface area contributed by atoms with E-state index < -0.39 is 0 Å². The molecule has 7 nitrogen and oxygen atoms in total. The van der Waals surface area contributed by atoms with Gasteiger partial charge in [0.25, 0.3) is 5.95 Å². The van der Waals surface area contributed by atoms with Gasteiger partial charge >= 0.3 is 0 Å². The van der Waals surface area contributed by atoms with Crippen molar-refractivity contribution in [2.45, 2.75) is 20.8 Å². The molecule has 0 radical (unpaired) electrons. The largest absolute Gasteiger partial charge is 0.508 e. The highest BCUT2D eigenvalue weighted by molar-refractivity contribution is 5.60. The number of hydrogen-bond donors (Lipinski definition) is 3. The van der Waals surface area contributed by atoms with Crippen LogP contribution in [0.1, 0.15) is 16.7 Å². The second kappa shape index (κ2) is 5.96. The number of ether oxygens (including phenoxy) is 1. The lowest BCUT2D eigenvalue weighted by molar-refractivity contribution is 0.458. The number of phenolic OH excluding ortho intramolecular Hbond substituents is 1. The zero-order valence-corrected chi connectivity index (χ0v) is 13.1. The summed E-state index contributed by atoms with van der Waals surface area (Å²) < 4.78 is 5.98. The number of aromatic nitrogens is 4. The summed E-state index contributed by atoms with van der Waals surface area (Å²) in [6, 6.07) is 9.08. The Morgan fingerprint density at radius 2 is 1.78 bits per heavy atom. The molecule has 0 saturated heterocycles. The molecule has 0 unspecified atom stereocenters. The molecule has 0 aliphatic rings. The minimum Gasteiger partial charge on any atom is -0.508 e. The molecule has 3 N–H and O–H groups in total. The van der Waals surface area contributed by atoms with Crippen molar-refractivity contribution in [2.75, 3.05) is 5.32 Å². The highest BCUT2D eigenvalue weighted by atomic mass is 16.5. The van der Waals surface area contributed by atoms with E-state index >= 15 is 0 Å². The average molecular weight is 311 g/mol. The minimum atomic E-state index is 0.255. The number of aryl methyl sites for hydroxylation is 3. The Morgan fingerprint density at radius 3 is 2.39 bits per heavy atom. The van der Waals surface area contributed by atoms with Crippen LogP contribution in [0.5, 0.6) is 17.2 Å². The summed E-state index contributed by atoms with van der Waals surface area (Å²) in [5.41, 5.74) is 3.58. The number of aromatic hydroxyl groups is 1. The molecule has 3 aromatic rings. The van der Waals surface area contributed by atoms with Crippen molar-refractivity contribution in [1.82, 2.24) is 20.6 Å². The van der Waals surface area contributed by atoms with Gasteiger partial charge in [0.15, 0.2) is 0 Å². The average Bonchev–Trinajstić information content (AvgIpc) is 2.99. The molecule has 23 heavy (non-hydrogen) atoms. The van der Waals surface area contributed by atoms with Crippen molar-refractivity contribution in [1.29, 1.82) is 0 Å². The van der Waals surface area contributed by atoms with Crippen LogP contribution < -0.4 is 10.1 Å². The Morgan fingerprint density at radius 1 is 1.04 bits per heavy atom. The number of hydrogen-bond acceptors (Lipinski definition) is 6. The van der Waals surface area contributed by atoms with Crippen LogP contribution in [0.25, 0.3) is 0 Å². The number of anilines is 2. The van der Waals surface area contributed by atoms with Crippen molar-refractivity contribution in [3.05, 3.63) is 47.0 Å². The first kappa shape index (κ1) is 14.8. The SMILES string of the molecule is Cc1cc(Oc2c(C)cc(Nc3nn[nH]n3)cc2C)ccc1O. The molecule has 0 fully saturated rings. The molecule has 0 saturated carbocycles. The highest BCUT2D eigenvalue weighted by Gasteiger charge is 2.10. The number of rotatable bonds is 4. The van der Waals surface area contributed by atoms with E-state index in [1.807, 2.05) is 32.9 Å². The van der Waals surface area contributed by atoms with E-state index in [1.54, 1.807) is 18.2 Å². The summed E-state index contributed by atoms with van der Waals surface area (Å²) in [5, 5.41) is 26.3. The normalized spacial score (nSPS) is 10.6. The molecule has 0 bridgehead atoms. The Kier molecular flexibility index (Phi) is 3.84. The van der Waals surface area contributed by atoms with Gasteiger partial charge in [-0.1, -0.05) is 5.10 Å². The van der Waals surface area contributed by atoms with Gasteiger partial charge in [-0.3, -0.25) is 0 Å². The number of tetrazole rings is 1. The Hall–Kier alpha value is -3.09. The lowest BCUT2D eigenvalue weighted by Gasteiger charge is -2.14. The van der Waals surface area contributed by atoms with Crippen molar-refractivity contribution in [3.8, 4) is 17.2 Å². The Labute approximate surface area is 133 Å². The molecule has 2 aromatic carbocycles. The lowest BCUT2D eigenvalue weighted by Crippen LogP contribution is -1.97. The van der Waals surface area contributed by atoms with Crippen LogP contribution in [0.3, 0.4) is 0 Å². The maximum atomic E-state index is 9.59. The molecule has 1 heterocycles. The third-order valence-electron chi connectivity index (χ3n) is 3.45. The van der Waals surface area contributed by atoms with Crippen LogP contribution >= 0.6 is 0 Å². The number of aromatic amines is 1. The van der Waals surface area contributed by atoms with E-state index in [1.165, 1.54) is 0 Å². The number of nitrogens with zero attached hydrogens (tertiary/aromatic N) is 3. The standard InChI is InChI=1S/C16H17N5O2/c1-9-8-13(4-5-14(9)22)23-15-10(2)6-12(7-11(15)3)17-16-18-20-21-19-16/h4-8,22H,1-3H3,(H2,17,18,19,20,21). The molecule has 7 heteroatoms. The topological polar surface area (TPSA) is 96.0 Å². The van der Waals surface area contributed by atoms with E-state index in [-0.39, 0.29) is 5.75 Å². The van der Waals surface area contributed by atoms with Crippen LogP contribution in [0.2, 0.25) is 0 Å². The van der Waals surface area contributed by atoms with Gasteiger partial charge in [0.2, 0.25) is 0 Å². The fourth-order valence-corrected chi connectivity index (χ4v) is 2.34. The van der Waals surface area contributed by atoms with Crippen molar-refractivity contribution in [3.63, 3.8) is 0 Å². The highest BCUT2D eigenvalue weighted by Crippen LogP contribution is 2.33. The van der Waals surface area contributed by atoms with Gasteiger partial charge in [-0.05, 0) is 73.0 Å². The molecular weight excluding hydrogens is 294 g/mol. The summed E-state index contributed by atoms with van der Waals surface area (Å²) in [6.45, 7) is 5.77. The fourth-order valence-electron chi connectivity index (χ4n) is 2.34. The van der Waals surface area contributed by atoms with E-state index in [9.17, 15) is 5.11 Å². The van der Waals surface area contributed by atoms with Crippen LogP contribution in [0.4, 0.5) is 11.6 Å². The number of H-pyrrole nitrogens is 1. The van der Waals surface area contributed by atoms with Crippen LogP contribution in [0.15, 0.2) is 30.3 Å². The first-order valence-electron chi connectivity index (χ1n) is 7.12. The van der Waals surface area contributed by atoms with E-state index in [2.05, 4.69) is 25.9 Å². The monoisotopic (exact) mass is 311 g/mol. The maximum absolute atomic E-state index is 9.59. The first-order chi connectivity index (χ1) is 11.0. The Bertz CT molecular complexity index is 807. The third-order valence-corrected chi connectivity index (χ3v) is 3.45. The van der Waals surface area contributed by atoms with Crippen LogP contribution in [-0.2, 0) is 0 Å². The molecule has 0 spiro atoms. The zero-order valence-electron chi connectivity index (χ0n) is 13.1. The van der Waals surface area contributed by atoms with Gasteiger partial charge in [-0.2, -0.15) is 5.21 Å². The predicted octanol–water partition coefficient (Wildman–Crippen LogP) is 3.37. The summed E-state index contributed by atoms with van der Waals surface area (Å²) in [5.74, 6) is 2.14. The molecule has 0 aliphatic carbocycles. The summed E-state index contributed by atoms with van der Waals surface area (Å²) in [4.78, 5) is 0. The molecule has 0 aliphatic heterocycles. The quantitative estimate of drug-likeness (QED) is 0.683.